The highest BCUT2D eigenvalue weighted by atomic mass is 14.0. The minimum Gasteiger partial charge on any atom is -0.106 e. The first-order valence-corrected chi connectivity index (χ1v) is 21.4. The number of allylic oxidation sites excluding steroid dienone is 3. The summed E-state index contributed by atoms with van der Waals surface area (Å²) < 4.78 is 0. The van der Waals surface area contributed by atoms with Crippen molar-refractivity contribution in [1.29, 1.82) is 0 Å². The summed E-state index contributed by atoms with van der Waals surface area (Å²) in [5, 5.41) is 0. The Hall–Kier alpha value is -17.2. The first-order valence-electron chi connectivity index (χ1n) is 21.4. The second-order valence-corrected chi connectivity index (χ2v) is 10.9. The van der Waals surface area contributed by atoms with Crippen LogP contribution in [0.2, 0.25) is 0 Å². The Morgan fingerprint density at radius 1 is 0.217 bits per heavy atom. The van der Waals surface area contributed by atoms with Gasteiger partial charge in [0.05, 0.1) is 16.7 Å². The number of hydrogen-bond donors (Lipinski definition) is 0. The predicted octanol–water partition coefficient (Wildman–Crippen LogP) is 4.81. The van der Waals surface area contributed by atoms with Crippen molar-refractivity contribution in [2.45, 2.75) is 20.8 Å². The third-order valence-electron chi connectivity index (χ3n) is 5.72. The molecule has 0 fully saturated rings. The van der Waals surface area contributed by atoms with Crippen LogP contribution in [0.1, 0.15) is 20.8 Å². The summed E-state index contributed by atoms with van der Waals surface area (Å²) in [4.78, 5) is 0. The highest BCUT2D eigenvalue weighted by Gasteiger charge is 2.06. The molecule has 0 heterocycles. The van der Waals surface area contributed by atoms with Crippen LogP contribution in [-0.4, -0.2) is 0 Å². The van der Waals surface area contributed by atoms with Gasteiger partial charge >= 0.3 is 0 Å². The topological polar surface area (TPSA) is 0 Å². The average molecular weight is 1010 g/mol. The smallest absolute Gasteiger partial charge is 0.0940 e. The minimum absolute atomic E-state index is 0.0144. The van der Waals surface area contributed by atoms with Crippen LogP contribution in [0.3, 0.4) is 0 Å². The summed E-state index contributed by atoms with van der Waals surface area (Å²) in [7, 11) is 0. The van der Waals surface area contributed by atoms with Gasteiger partial charge in [0.15, 0.2) is 0 Å². The van der Waals surface area contributed by atoms with E-state index in [0.717, 1.165) is 0 Å². The Labute approximate surface area is 489 Å². The molecular weight excluding hydrogens is 997 g/mol. The maximum atomic E-state index is 5.05. The first-order chi connectivity index (χ1) is 41.2. The van der Waals surface area contributed by atoms with Gasteiger partial charge in [-0.05, 0) is 445 Å². The van der Waals surface area contributed by atoms with E-state index < -0.39 is 0 Å². The van der Waals surface area contributed by atoms with Crippen LogP contribution in [0, 0.1) is 368 Å². The Morgan fingerprint density at radius 3 is 0.675 bits per heavy atom. The maximum Gasteiger partial charge on any atom is 0.0940 e. The number of hydrogen-bond acceptors (Lipinski definition) is 0. The molecule has 0 aliphatic carbocycles. The van der Waals surface area contributed by atoms with Gasteiger partial charge in [0.2, 0.25) is 0 Å². The summed E-state index contributed by atoms with van der Waals surface area (Å²) in [6.45, 7) is 8.34. The van der Waals surface area contributed by atoms with E-state index in [1.165, 1.54) is 0 Å². The molecular formula is C83H12. The molecule has 0 nitrogen and oxygen atoms in total. The summed E-state index contributed by atoms with van der Waals surface area (Å²) >= 11 is 0. The molecule has 344 valence electrons. The van der Waals surface area contributed by atoms with Crippen molar-refractivity contribution in [1.82, 2.24) is 0 Å². The van der Waals surface area contributed by atoms with Gasteiger partial charge < -0.3 is 0 Å². The Bertz CT molecular complexity index is 5610. The monoisotopic (exact) mass is 1010 g/mol. The fourth-order valence-corrected chi connectivity index (χ4v) is 3.02. The second kappa shape index (κ2) is 59.1. The maximum absolute atomic E-state index is 5.05. The third-order valence-corrected chi connectivity index (χ3v) is 5.72. The van der Waals surface area contributed by atoms with Gasteiger partial charge in [0.1, 0.15) is 0 Å². The first kappa shape index (κ1) is 65.8. The molecule has 0 unspecified atom stereocenters. The van der Waals surface area contributed by atoms with Crippen LogP contribution in [0.15, 0.2) is 104 Å². The van der Waals surface area contributed by atoms with Crippen LogP contribution in [-0.2, 0) is 0 Å². The summed E-state index contributed by atoms with van der Waals surface area (Å²) in [5.41, 5.74) is 35.7. The Kier molecular flexibility index (Phi) is 46.8. The van der Waals surface area contributed by atoms with E-state index in [0.29, 0.717) is 0 Å². The van der Waals surface area contributed by atoms with Crippen molar-refractivity contribution in [3.05, 3.63) is 104 Å². The van der Waals surface area contributed by atoms with Gasteiger partial charge in [-0.2, -0.15) is 0 Å². The van der Waals surface area contributed by atoms with E-state index in [1.807, 2.05) is 0 Å². The predicted molar refractivity (Wildman–Crippen MR) is 324 cm³/mol. The van der Waals surface area contributed by atoms with Gasteiger partial charge in [0, 0.05) is 0 Å². The lowest BCUT2D eigenvalue weighted by Crippen LogP contribution is -1.90. The zero-order chi connectivity index (χ0) is 59.8. The highest BCUT2D eigenvalue weighted by Crippen LogP contribution is 2.12. The molecule has 0 saturated carbocycles. The van der Waals surface area contributed by atoms with Crippen molar-refractivity contribution >= 4 is 0 Å². The van der Waals surface area contributed by atoms with Gasteiger partial charge in [-0.3, -0.25) is 0 Å². The van der Waals surface area contributed by atoms with Gasteiger partial charge in [0.25, 0.3) is 0 Å². The van der Waals surface area contributed by atoms with Crippen molar-refractivity contribution in [2.75, 3.05) is 0 Å². The summed E-state index contributed by atoms with van der Waals surface area (Å²) in [6, 6.07) is 0. The normalized spacial score (nSPS) is 4.84. The standard InChI is InChI=1S/C83H12/c1-6-11-16-21-26-31-36-40-43-44-46-49-54-59-64-69-74-79-82(78-73-68-63-58-53-48-45-41-37-32-27-22-17-12-7-2)83(80-75-70-65-60-55-50-42-38-33-28-23-18-13-8-3)81(76-71-66-61-56-51-35-30-25-20-15-10-5)77-72-67-62-57-52-47-39-34-29-24-19-14-9-4/h3H,4H2,1-2,5H3/b83-82+. The molecule has 0 heteroatoms. The number of rotatable bonds is 1. The Balaban J connectivity index is 8.75. The molecule has 0 N–H and O–H groups in total. The van der Waals surface area contributed by atoms with Crippen LogP contribution in [0.4, 0.5) is 0 Å². The van der Waals surface area contributed by atoms with E-state index in [2.05, 4.69) is 448 Å². The van der Waals surface area contributed by atoms with Crippen molar-refractivity contribution in [3.63, 3.8) is 0 Å². The van der Waals surface area contributed by atoms with E-state index in [4.69, 9.17) is 6.42 Å². The molecule has 0 bridgehead atoms. The van der Waals surface area contributed by atoms with E-state index in [9.17, 15) is 0 Å². The zero-order valence-electron chi connectivity index (χ0n) is 43.3. The van der Waals surface area contributed by atoms with Crippen LogP contribution in [0.5, 0.6) is 0 Å². The van der Waals surface area contributed by atoms with Crippen LogP contribution < -0.4 is 0 Å². The largest absolute Gasteiger partial charge is 0.106 e. The van der Waals surface area contributed by atoms with Crippen molar-refractivity contribution in [2.24, 2.45) is 0 Å². The van der Waals surface area contributed by atoms with Gasteiger partial charge in [-0.15, -0.1) is 6.42 Å². The molecule has 0 radical (unpaired) electrons. The average Bonchev–Trinajstić information content (AvgIpc) is 3.52. The molecule has 0 atom stereocenters. The summed E-state index contributed by atoms with van der Waals surface area (Å²) in [6.07, 6.45) is 5.05. The lowest BCUT2D eigenvalue weighted by molar-refractivity contribution is 1.61. The van der Waals surface area contributed by atoms with E-state index in [1.54, 1.807) is 20.8 Å². The molecule has 0 spiro atoms. The molecule has 0 aromatic heterocycles. The highest BCUT2D eigenvalue weighted by molar-refractivity contribution is 5.68. The van der Waals surface area contributed by atoms with Gasteiger partial charge in [-0.25, -0.2) is 0 Å². The number of terminal acetylenes is 1. The lowest BCUT2D eigenvalue weighted by atomic mass is 10.0. The van der Waals surface area contributed by atoms with Crippen LogP contribution in [0.25, 0.3) is 0 Å². The van der Waals surface area contributed by atoms with E-state index in [-0.39, 0.29) is 16.7 Å². The Morgan fingerprint density at radius 2 is 0.422 bits per heavy atom. The lowest BCUT2D eigenvalue weighted by Gasteiger charge is -1.96. The molecule has 0 aliphatic heterocycles. The van der Waals surface area contributed by atoms with Crippen molar-refractivity contribution in [3.8, 4) is 368 Å². The molecule has 83 heavy (non-hydrogen) atoms. The SMILES string of the molecule is C#CC#CC#CC#CC#CC#CC#CC#C/C(C(=C=C=C=C=C=C=C=C=C=C=C=C=C=C=C)C#CC#CC#CC#CC#CC#CC)=C(/C#CC#CC#CC#CC#CC#CC#CC#CC)C#CC#CC#CC#CC#CC#CC#CC#CC#CC. The minimum atomic E-state index is 0.0144. The molecule has 0 aliphatic rings. The van der Waals surface area contributed by atoms with Gasteiger partial charge in [-0.1, -0.05) is 23.5 Å². The second-order valence-electron chi connectivity index (χ2n) is 10.9. The fourth-order valence-electron chi connectivity index (χ4n) is 3.02. The van der Waals surface area contributed by atoms with E-state index >= 15 is 0 Å². The van der Waals surface area contributed by atoms with Crippen LogP contribution >= 0.6 is 0 Å². The quantitative estimate of drug-likeness (QED) is 0.202. The third kappa shape index (κ3) is 50.9. The molecule has 0 rings (SSSR count). The molecule has 0 saturated heterocycles. The molecule has 0 amide bonds. The zero-order valence-corrected chi connectivity index (χ0v) is 43.3. The fraction of sp³-hybridized carbons (Fsp3) is 0.0361. The molecule has 0 aromatic rings. The van der Waals surface area contributed by atoms with Crippen molar-refractivity contribution < 1.29 is 0 Å². The molecule has 0 aromatic carbocycles. The summed E-state index contributed by atoms with van der Waals surface area (Å²) in [5.74, 6) is 156.